The molecule has 0 radical (unpaired) electrons. The molecule has 0 bridgehead atoms. The summed E-state index contributed by atoms with van der Waals surface area (Å²) >= 11 is 0. The largest absolute Gasteiger partial charge is 0.495 e. The van der Waals surface area contributed by atoms with Crippen LogP contribution in [0.1, 0.15) is 29.8 Å². The molecule has 0 saturated carbocycles. The number of rotatable bonds is 5. The van der Waals surface area contributed by atoms with Crippen molar-refractivity contribution in [3.05, 3.63) is 59.4 Å². The topological polar surface area (TPSA) is 34.2 Å². The van der Waals surface area contributed by atoms with Gasteiger partial charge in [-0.2, -0.15) is 0 Å². The van der Waals surface area contributed by atoms with Crippen LogP contribution in [0.25, 0.3) is 0 Å². The number of nitrogens with zero attached hydrogens (tertiary/aromatic N) is 1. The minimum absolute atomic E-state index is 0.0436. The lowest BCUT2D eigenvalue weighted by atomic mass is 10.0. The van der Waals surface area contributed by atoms with E-state index >= 15 is 0 Å². The molecule has 2 rings (SSSR count). The Kier molecular flexibility index (Phi) is 4.53. The number of hydrogen-bond donors (Lipinski definition) is 1. The fourth-order valence-electron chi connectivity index (χ4n) is 2.20. The van der Waals surface area contributed by atoms with Crippen LogP contribution in [0, 0.1) is 0 Å². The molecule has 19 heavy (non-hydrogen) atoms. The highest BCUT2D eigenvalue weighted by Crippen LogP contribution is 2.27. The van der Waals surface area contributed by atoms with Crippen LogP contribution in [0.15, 0.2) is 42.6 Å². The Bertz CT molecular complexity index is 523. The van der Waals surface area contributed by atoms with Crippen LogP contribution in [-0.2, 0) is 6.42 Å². The van der Waals surface area contributed by atoms with Gasteiger partial charge in [0.25, 0.3) is 0 Å². The van der Waals surface area contributed by atoms with Crippen molar-refractivity contribution in [2.75, 3.05) is 14.2 Å². The fraction of sp³-hybridized carbons (Fsp3) is 0.312. The summed E-state index contributed by atoms with van der Waals surface area (Å²) < 4.78 is 5.39. The minimum Gasteiger partial charge on any atom is -0.495 e. The monoisotopic (exact) mass is 256 g/mol. The van der Waals surface area contributed by atoms with Gasteiger partial charge in [-0.1, -0.05) is 31.2 Å². The molecule has 3 heteroatoms. The highest BCUT2D eigenvalue weighted by atomic mass is 16.5. The number of pyridine rings is 1. The number of ether oxygens (including phenoxy) is 1. The second kappa shape index (κ2) is 6.34. The van der Waals surface area contributed by atoms with Crippen molar-refractivity contribution in [2.45, 2.75) is 19.4 Å². The van der Waals surface area contributed by atoms with Gasteiger partial charge in [0.2, 0.25) is 0 Å². The van der Waals surface area contributed by atoms with Crippen LogP contribution in [0.4, 0.5) is 0 Å². The van der Waals surface area contributed by atoms with Gasteiger partial charge in [0.15, 0.2) is 0 Å². The van der Waals surface area contributed by atoms with Gasteiger partial charge in [0, 0.05) is 6.20 Å². The minimum atomic E-state index is 0.0436. The van der Waals surface area contributed by atoms with E-state index in [1.54, 1.807) is 13.3 Å². The molecule has 1 aromatic heterocycles. The van der Waals surface area contributed by atoms with E-state index in [-0.39, 0.29) is 6.04 Å². The fourth-order valence-corrected chi connectivity index (χ4v) is 2.20. The zero-order chi connectivity index (χ0) is 13.7. The quantitative estimate of drug-likeness (QED) is 0.893. The summed E-state index contributed by atoms with van der Waals surface area (Å²) in [6.45, 7) is 2.16. The third-order valence-electron chi connectivity index (χ3n) is 3.30. The highest BCUT2D eigenvalue weighted by Gasteiger charge is 2.17. The summed E-state index contributed by atoms with van der Waals surface area (Å²) in [6, 6.07) is 12.5. The first kappa shape index (κ1) is 13.6. The second-order valence-corrected chi connectivity index (χ2v) is 4.41. The van der Waals surface area contributed by atoms with E-state index in [2.05, 4.69) is 41.5 Å². The summed E-state index contributed by atoms with van der Waals surface area (Å²) in [5.74, 6) is 0.807. The van der Waals surface area contributed by atoms with Gasteiger partial charge in [-0.15, -0.1) is 0 Å². The van der Waals surface area contributed by atoms with E-state index < -0.39 is 0 Å². The molecule has 1 atom stereocenters. The Balaban J connectivity index is 2.37. The lowest BCUT2D eigenvalue weighted by Crippen LogP contribution is -2.19. The van der Waals surface area contributed by atoms with Gasteiger partial charge < -0.3 is 10.1 Å². The van der Waals surface area contributed by atoms with Crippen molar-refractivity contribution in [1.82, 2.24) is 10.3 Å². The summed E-state index contributed by atoms with van der Waals surface area (Å²) in [5, 5.41) is 3.30. The molecule has 0 aliphatic heterocycles. The average molecular weight is 256 g/mol. The summed E-state index contributed by atoms with van der Waals surface area (Å²) in [4.78, 5) is 4.45. The van der Waals surface area contributed by atoms with E-state index in [9.17, 15) is 0 Å². The van der Waals surface area contributed by atoms with E-state index in [0.29, 0.717) is 0 Å². The molecule has 3 nitrogen and oxygen atoms in total. The Morgan fingerprint density at radius 2 is 1.95 bits per heavy atom. The number of benzene rings is 1. The van der Waals surface area contributed by atoms with Crippen LogP contribution in [0.5, 0.6) is 5.75 Å². The molecule has 1 unspecified atom stereocenters. The Hall–Kier alpha value is -1.87. The number of aryl methyl sites for hydroxylation is 1. The van der Waals surface area contributed by atoms with Crippen LogP contribution in [0.3, 0.4) is 0 Å². The molecule has 1 N–H and O–H groups in total. The summed E-state index contributed by atoms with van der Waals surface area (Å²) in [7, 11) is 3.61. The maximum atomic E-state index is 5.39. The zero-order valence-electron chi connectivity index (χ0n) is 11.7. The first-order chi connectivity index (χ1) is 9.30. The Labute approximate surface area is 114 Å². The maximum Gasteiger partial charge on any atom is 0.142 e. The predicted octanol–water partition coefficient (Wildman–Crippen LogP) is 2.96. The first-order valence-electron chi connectivity index (χ1n) is 6.55. The first-order valence-corrected chi connectivity index (χ1v) is 6.55. The van der Waals surface area contributed by atoms with Crippen LogP contribution >= 0.6 is 0 Å². The van der Waals surface area contributed by atoms with E-state index in [1.807, 2.05) is 19.2 Å². The van der Waals surface area contributed by atoms with Gasteiger partial charge >= 0.3 is 0 Å². The molecule has 0 fully saturated rings. The number of methoxy groups -OCH3 is 1. The van der Waals surface area contributed by atoms with Crippen molar-refractivity contribution >= 4 is 0 Å². The van der Waals surface area contributed by atoms with Crippen molar-refractivity contribution in [3.63, 3.8) is 0 Å². The predicted molar refractivity (Wildman–Crippen MR) is 77.5 cm³/mol. The van der Waals surface area contributed by atoms with Crippen molar-refractivity contribution in [1.29, 1.82) is 0 Å². The van der Waals surface area contributed by atoms with Gasteiger partial charge in [-0.25, -0.2) is 0 Å². The SMILES string of the molecule is CCc1ccc(C(NC)c2ncccc2OC)cc1. The second-order valence-electron chi connectivity index (χ2n) is 4.41. The lowest BCUT2D eigenvalue weighted by Gasteiger charge is -2.18. The molecule has 0 spiro atoms. The van der Waals surface area contributed by atoms with Crippen LogP contribution in [0.2, 0.25) is 0 Å². The van der Waals surface area contributed by atoms with E-state index in [4.69, 9.17) is 4.74 Å². The lowest BCUT2D eigenvalue weighted by molar-refractivity contribution is 0.401. The molecule has 100 valence electrons. The molecule has 1 aromatic carbocycles. The molecular weight excluding hydrogens is 236 g/mol. The van der Waals surface area contributed by atoms with Crippen LogP contribution < -0.4 is 10.1 Å². The molecule has 0 aliphatic carbocycles. The van der Waals surface area contributed by atoms with E-state index in [0.717, 1.165) is 17.9 Å². The van der Waals surface area contributed by atoms with E-state index in [1.165, 1.54) is 11.1 Å². The molecular formula is C16H20N2O. The average Bonchev–Trinajstić information content (AvgIpc) is 2.49. The van der Waals surface area contributed by atoms with Gasteiger partial charge in [0.05, 0.1) is 13.2 Å². The van der Waals surface area contributed by atoms with Crippen molar-refractivity contribution < 1.29 is 4.74 Å². The highest BCUT2D eigenvalue weighted by molar-refractivity contribution is 5.37. The Morgan fingerprint density at radius 3 is 2.53 bits per heavy atom. The Morgan fingerprint density at radius 1 is 1.21 bits per heavy atom. The summed E-state index contributed by atoms with van der Waals surface area (Å²) in [5.41, 5.74) is 3.44. The molecule has 0 amide bonds. The smallest absolute Gasteiger partial charge is 0.142 e. The number of nitrogens with one attached hydrogen (secondary N) is 1. The molecule has 0 saturated heterocycles. The molecule has 1 heterocycles. The standard InChI is InChI=1S/C16H20N2O/c1-4-12-7-9-13(10-8-12)15(17-2)16-14(19-3)6-5-11-18-16/h5-11,15,17H,4H2,1-3H3. The molecule has 2 aromatic rings. The van der Waals surface area contributed by atoms with Crippen molar-refractivity contribution in [2.24, 2.45) is 0 Å². The van der Waals surface area contributed by atoms with Gasteiger partial charge in [0.1, 0.15) is 11.4 Å². The zero-order valence-corrected chi connectivity index (χ0v) is 11.7. The summed E-state index contributed by atoms with van der Waals surface area (Å²) in [6.07, 6.45) is 2.85. The number of hydrogen-bond acceptors (Lipinski definition) is 3. The number of aromatic nitrogens is 1. The third-order valence-corrected chi connectivity index (χ3v) is 3.30. The van der Waals surface area contributed by atoms with Gasteiger partial charge in [-0.3, -0.25) is 4.98 Å². The normalized spacial score (nSPS) is 12.2. The van der Waals surface area contributed by atoms with Crippen molar-refractivity contribution in [3.8, 4) is 5.75 Å². The van der Waals surface area contributed by atoms with Gasteiger partial charge in [-0.05, 0) is 36.7 Å². The maximum absolute atomic E-state index is 5.39. The third kappa shape index (κ3) is 2.93. The molecule has 0 aliphatic rings. The van der Waals surface area contributed by atoms with Crippen LogP contribution in [-0.4, -0.2) is 19.1 Å².